The van der Waals surface area contributed by atoms with Crippen molar-refractivity contribution < 1.29 is 25.8 Å². The number of anilines is 4. The SMILES string of the molecule is CC(C)(C)c1cc(C(C)(C)C)cc(C2(c3ccnc(-n4c5[c-]c(Oc6[c-]c(N7[CH-]N(c8c(-c9ccccc9)cccc8-c8ccccc8)c8ccccc87)ccc6)ccc5c5ccccc54)c3)c3ccccc3-c3ccccc32)c1.[Pt]. The summed E-state index contributed by atoms with van der Waals surface area (Å²) in [5, 5.41) is 2.17. The number of ether oxygens (including phenoxy) is 1. The summed E-state index contributed by atoms with van der Waals surface area (Å²) >= 11 is 0. The van der Waals surface area contributed by atoms with E-state index in [0.29, 0.717) is 11.5 Å². The van der Waals surface area contributed by atoms with Crippen molar-refractivity contribution in [3.63, 3.8) is 0 Å². The van der Waals surface area contributed by atoms with Crippen LogP contribution < -0.4 is 14.5 Å². The zero-order chi connectivity index (χ0) is 54.3. The monoisotopic (exact) mass is 1230 g/mol. The van der Waals surface area contributed by atoms with E-state index in [1.807, 2.05) is 24.4 Å². The summed E-state index contributed by atoms with van der Waals surface area (Å²) in [5.74, 6) is 1.95. The van der Waals surface area contributed by atoms with Crippen LogP contribution in [-0.2, 0) is 37.3 Å². The topological polar surface area (TPSA) is 33.5 Å². The van der Waals surface area contributed by atoms with Crippen LogP contribution in [0.3, 0.4) is 0 Å². The summed E-state index contributed by atoms with van der Waals surface area (Å²) in [5.41, 5.74) is 19.8. The maximum atomic E-state index is 6.86. The van der Waals surface area contributed by atoms with Crippen molar-refractivity contribution in [2.24, 2.45) is 0 Å². The maximum absolute atomic E-state index is 6.86. The first-order valence-electron chi connectivity index (χ1n) is 27.7. The summed E-state index contributed by atoms with van der Waals surface area (Å²) in [7, 11) is 0. The van der Waals surface area contributed by atoms with Gasteiger partial charge in [-0.1, -0.05) is 223 Å². The zero-order valence-corrected chi connectivity index (χ0v) is 48.5. The van der Waals surface area contributed by atoms with E-state index in [4.69, 9.17) is 9.72 Å². The number of aromatic nitrogens is 2. The van der Waals surface area contributed by atoms with Crippen LogP contribution in [0.2, 0.25) is 0 Å². The third-order valence-electron chi connectivity index (χ3n) is 16.3. The minimum Gasteiger partial charge on any atom is -0.509 e. The van der Waals surface area contributed by atoms with Gasteiger partial charge in [-0.3, -0.25) is 0 Å². The molecule has 3 heterocycles. The molecule has 1 aliphatic carbocycles. The van der Waals surface area contributed by atoms with Gasteiger partial charge < -0.3 is 19.1 Å². The third-order valence-corrected chi connectivity index (χ3v) is 16.3. The molecule has 0 unspecified atom stereocenters. The molecular weight excluding hydrogens is 1170 g/mol. The Morgan fingerprint density at radius 1 is 0.457 bits per heavy atom. The fraction of sp³-hybridized carbons (Fsp3) is 0.120. The molecule has 0 saturated carbocycles. The molecule has 1 aliphatic heterocycles. The van der Waals surface area contributed by atoms with Gasteiger partial charge >= 0.3 is 0 Å². The molecule has 0 atom stereocenters. The molecule has 398 valence electrons. The van der Waals surface area contributed by atoms with Crippen LogP contribution in [0.15, 0.2) is 243 Å². The van der Waals surface area contributed by atoms with E-state index >= 15 is 0 Å². The number of nitrogens with zero attached hydrogens (tertiary/aromatic N) is 4. The van der Waals surface area contributed by atoms with Crippen LogP contribution in [0.25, 0.3) is 61.0 Å². The Hall–Kier alpha value is -8.76. The fourth-order valence-electron chi connectivity index (χ4n) is 12.4. The second-order valence-electron chi connectivity index (χ2n) is 23.3. The van der Waals surface area contributed by atoms with Gasteiger partial charge in [0.2, 0.25) is 0 Å². The van der Waals surface area contributed by atoms with Crippen LogP contribution in [0.4, 0.5) is 22.7 Å². The minimum absolute atomic E-state index is 0. The second-order valence-corrected chi connectivity index (χ2v) is 23.3. The molecule has 0 radical (unpaired) electrons. The van der Waals surface area contributed by atoms with E-state index in [9.17, 15) is 0 Å². The minimum atomic E-state index is -0.649. The molecule has 2 aliphatic rings. The smallest absolute Gasteiger partial charge is 0.135 e. The standard InChI is InChI=1S/C75H59N4O.Pt/c1-73(2,3)53-43-54(74(4,5)6)45-55(44-53)75(65-34-16-13-29-61(65)62-30-14-17-35-66(62)75)52-41-42-76-71(46-52)79-67-36-18-15-31-63(67)64-40-39-58(48-70(64)79)80-57-28-21-27-56(47-57)77-49-78(69-38-20-19-37-68(69)77)72-59(50-23-9-7-10-24-50)32-22-33-60(72)51-25-11-8-12-26-51;/h7-46,49H,1-6H3;/q-3;. The molecule has 6 heteroatoms. The number of para-hydroxylation sites is 4. The number of hydrogen-bond donors (Lipinski definition) is 0. The summed E-state index contributed by atoms with van der Waals surface area (Å²) in [6, 6.07) is 92.6. The molecule has 0 fully saturated rings. The average Bonchev–Trinajstić information content (AvgIpc) is 3.85. The van der Waals surface area contributed by atoms with Gasteiger partial charge in [0.1, 0.15) is 5.82 Å². The van der Waals surface area contributed by atoms with Crippen molar-refractivity contribution in [3.05, 3.63) is 295 Å². The van der Waals surface area contributed by atoms with Crippen LogP contribution in [0.1, 0.15) is 74.9 Å². The largest absolute Gasteiger partial charge is 0.509 e. The van der Waals surface area contributed by atoms with Crippen molar-refractivity contribution >= 4 is 44.6 Å². The zero-order valence-electron chi connectivity index (χ0n) is 46.2. The Morgan fingerprint density at radius 3 is 1.64 bits per heavy atom. The van der Waals surface area contributed by atoms with Gasteiger partial charge in [-0.2, -0.15) is 12.1 Å². The molecule has 12 aromatic rings. The summed E-state index contributed by atoms with van der Waals surface area (Å²) < 4.78 is 9.12. The van der Waals surface area contributed by atoms with E-state index in [1.54, 1.807) is 0 Å². The molecule has 10 aromatic carbocycles. The Bertz CT molecular complexity index is 4220. The first-order chi connectivity index (χ1) is 38.9. The molecule has 0 saturated heterocycles. The van der Waals surface area contributed by atoms with E-state index in [0.717, 1.165) is 78.2 Å². The van der Waals surface area contributed by atoms with E-state index in [-0.39, 0.29) is 31.9 Å². The van der Waals surface area contributed by atoms with Crippen molar-refractivity contribution in [2.75, 3.05) is 9.80 Å². The van der Waals surface area contributed by atoms with Gasteiger partial charge in [0, 0.05) is 72.5 Å². The average molecular weight is 1230 g/mol. The van der Waals surface area contributed by atoms with Gasteiger partial charge in [-0.25, -0.2) is 4.98 Å². The van der Waals surface area contributed by atoms with Crippen molar-refractivity contribution in [3.8, 4) is 50.7 Å². The number of rotatable bonds is 9. The second kappa shape index (κ2) is 20.1. The number of hydrogen-bond acceptors (Lipinski definition) is 4. The Labute approximate surface area is 490 Å². The van der Waals surface area contributed by atoms with Gasteiger partial charge in [-0.05, 0) is 102 Å². The molecule has 0 bridgehead atoms. The number of fused-ring (bicyclic) bond motifs is 7. The Balaban J connectivity index is 0.00000618. The predicted octanol–water partition coefficient (Wildman–Crippen LogP) is 19.3. The quantitative estimate of drug-likeness (QED) is 0.135. The first kappa shape index (κ1) is 51.7. The maximum Gasteiger partial charge on any atom is 0.135 e. The fourth-order valence-corrected chi connectivity index (χ4v) is 12.4. The van der Waals surface area contributed by atoms with Crippen LogP contribution in [0, 0.1) is 18.8 Å². The molecule has 2 aromatic heterocycles. The van der Waals surface area contributed by atoms with Crippen molar-refractivity contribution in [1.82, 2.24) is 9.55 Å². The normalized spacial score (nSPS) is 13.5. The van der Waals surface area contributed by atoms with Crippen molar-refractivity contribution in [1.29, 1.82) is 0 Å². The molecule has 5 nitrogen and oxygen atoms in total. The number of pyridine rings is 1. The first-order valence-corrected chi connectivity index (χ1v) is 27.7. The van der Waals surface area contributed by atoms with Gasteiger partial charge in [-0.15, -0.1) is 48.1 Å². The third kappa shape index (κ3) is 8.69. The molecular formula is C75H59N4OPt-3. The Kier molecular flexibility index (Phi) is 12.8. The van der Waals surface area contributed by atoms with Gasteiger partial charge in [0.15, 0.2) is 0 Å². The van der Waals surface area contributed by atoms with E-state index in [1.165, 1.54) is 38.9 Å². The van der Waals surface area contributed by atoms with Crippen LogP contribution in [0.5, 0.6) is 11.5 Å². The van der Waals surface area contributed by atoms with E-state index < -0.39 is 5.41 Å². The Morgan fingerprint density at radius 2 is 1.00 bits per heavy atom. The molecule has 14 rings (SSSR count). The summed E-state index contributed by atoms with van der Waals surface area (Å²) in [6.45, 7) is 16.1. The molecule has 0 N–H and O–H groups in total. The van der Waals surface area contributed by atoms with Gasteiger partial charge in [0.05, 0.1) is 5.41 Å². The summed E-state index contributed by atoms with van der Waals surface area (Å²) in [4.78, 5) is 9.78. The van der Waals surface area contributed by atoms with Crippen molar-refractivity contribution in [2.45, 2.75) is 57.8 Å². The molecule has 81 heavy (non-hydrogen) atoms. The van der Waals surface area contributed by atoms with E-state index in [2.05, 4.69) is 293 Å². The summed E-state index contributed by atoms with van der Waals surface area (Å²) in [6.07, 6.45) is 1.99. The number of benzene rings is 10. The predicted molar refractivity (Wildman–Crippen MR) is 330 cm³/mol. The molecule has 0 spiro atoms. The molecule has 0 amide bonds. The van der Waals surface area contributed by atoms with Gasteiger partial charge in [0.25, 0.3) is 0 Å². The van der Waals surface area contributed by atoms with Crippen LogP contribution >= 0.6 is 0 Å². The van der Waals surface area contributed by atoms with Crippen LogP contribution in [-0.4, -0.2) is 9.55 Å².